The average molecular weight is 547 g/mol. The van der Waals surface area contributed by atoms with Crippen molar-refractivity contribution in [3.05, 3.63) is 77.0 Å². The second kappa shape index (κ2) is 10.3. The van der Waals surface area contributed by atoms with Gasteiger partial charge in [-0.25, -0.2) is 32.5 Å². The molecular weight excluding hydrogens is 528 g/mol. The first-order valence-electron chi connectivity index (χ1n) is 11.4. The Labute approximate surface area is 218 Å². The molecule has 38 heavy (non-hydrogen) atoms. The summed E-state index contributed by atoms with van der Waals surface area (Å²) in [4.78, 5) is 31.0. The van der Waals surface area contributed by atoms with Gasteiger partial charge in [-0.1, -0.05) is 17.7 Å². The van der Waals surface area contributed by atoms with Gasteiger partial charge in [0, 0.05) is 35.3 Å². The van der Waals surface area contributed by atoms with Crippen LogP contribution in [0.25, 0.3) is 11.3 Å². The van der Waals surface area contributed by atoms with E-state index in [2.05, 4.69) is 30.4 Å². The number of nitrogens with zero attached hydrogens (tertiary/aromatic N) is 7. The lowest BCUT2D eigenvalue weighted by Gasteiger charge is -2.34. The van der Waals surface area contributed by atoms with Crippen molar-refractivity contribution in [1.82, 2.24) is 29.7 Å². The lowest BCUT2D eigenvalue weighted by molar-refractivity contribution is 0.102. The number of anilines is 2. The van der Waals surface area contributed by atoms with Gasteiger partial charge < -0.3 is 10.2 Å². The summed E-state index contributed by atoms with van der Waals surface area (Å²) in [5.41, 5.74) is -0.576. The molecule has 1 fully saturated rings. The van der Waals surface area contributed by atoms with Crippen LogP contribution < -0.4 is 10.2 Å². The maximum atomic E-state index is 14.6. The first kappa shape index (κ1) is 25.5. The van der Waals surface area contributed by atoms with Crippen molar-refractivity contribution >= 4 is 29.1 Å². The number of alkyl halides is 3. The van der Waals surface area contributed by atoms with Crippen molar-refractivity contribution in [3.8, 4) is 11.3 Å². The molecule has 1 aliphatic rings. The quantitative estimate of drug-likeness (QED) is 0.330. The smallest absolute Gasteiger partial charge is 0.275 e. The van der Waals surface area contributed by atoms with Crippen LogP contribution in [0.1, 0.15) is 41.0 Å². The molecule has 196 valence electrons. The van der Waals surface area contributed by atoms with E-state index in [1.54, 1.807) is 28.2 Å². The minimum absolute atomic E-state index is 0.228. The summed E-state index contributed by atoms with van der Waals surface area (Å²) < 4.78 is 56.2. The molecule has 0 radical (unpaired) electrons. The van der Waals surface area contributed by atoms with E-state index in [1.165, 1.54) is 6.20 Å². The monoisotopic (exact) mass is 546 g/mol. The van der Waals surface area contributed by atoms with Crippen LogP contribution in [0.2, 0.25) is 5.02 Å². The highest BCUT2D eigenvalue weighted by Crippen LogP contribution is 2.35. The van der Waals surface area contributed by atoms with E-state index in [-0.39, 0.29) is 35.5 Å². The fraction of sp³-hybridized carbons (Fsp3) is 0.250. The zero-order valence-electron chi connectivity index (χ0n) is 19.7. The molecule has 0 spiro atoms. The fourth-order valence-electron chi connectivity index (χ4n) is 3.86. The number of carbonyl (C=O) groups excluding carboxylic acids is 1. The van der Waals surface area contributed by atoms with E-state index >= 15 is 0 Å². The zero-order valence-corrected chi connectivity index (χ0v) is 20.4. The molecule has 1 aliphatic heterocycles. The Kier molecular flexibility index (Phi) is 6.93. The first-order valence-corrected chi connectivity index (χ1v) is 11.7. The maximum absolute atomic E-state index is 14.6. The predicted molar refractivity (Wildman–Crippen MR) is 131 cm³/mol. The summed E-state index contributed by atoms with van der Waals surface area (Å²) in [6.07, 6.45) is 4.57. The van der Waals surface area contributed by atoms with Gasteiger partial charge in [0.2, 0.25) is 5.95 Å². The highest BCUT2D eigenvalue weighted by Gasteiger charge is 2.28. The number of hydrogen-bond acceptors (Lipinski definition) is 7. The number of halogens is 5. The van der Waals surface area contributed by atoms with Crippen LogP contribution in [0.4, 0.5) is 29.2 Å². The summed E-state index contributed by atoms with van der Waals surface area (Å²) in [5, 5.41) is 6.49. The van der Waals surface area contributed by atoms with Gasteiger partial charge in [-0.15, -0.1) is 0 Å². The van der Waals surface area contributed by atoms with E-state index in [9.17, 15) is 22.4 Å². The largest absolute Gasteiger partial charge is 0.335 e. The average Bonchev–Trinajstić information content (AvgIpc) is 3.36. The summed E-state index contributed by atoms with van der Waals surface area (Å²) in [6, 6.07) is 1.73. The lowest BCUT2D eigenvalue weighted by atomic mass is 10.0. The molecular formula is C24H19ClF4N8O. The van der Waals surface area contributed by atoms with Gasteiger partial charge in [0.15, 0.2) is 5.82 Å². The van der Waals surface area contributed by atoms with Crippen molar-refractivity contribution in [3.63, 3.8) is 0 Å². The summed E-state index contributed by atoms with van der Waals surface area (Å²) in [5.74, 6) is -1.34. The van der Waals surface area contributed by atoms with Crippen molar-refractivity contribution < 1.29 is 22.4 Å². The molecule has 0 aliphatic carbocycles. The van der Waals surface area contributed by atoms with Crippen molar-refractivity contribution in [2.45, 2.75) is 25.6 Å². The molecule has 1 N–H and O–H groups in total. The van der Waals surface area contributed by atoms with Gasteiger partial charge in [-0.2, -0.15) is 5.10 Å². The van der Waals surface area contributed by atoms with Crippen LogP contribution in [0, 0.1) is 5.82 Å². The SMILES string of the molecule is CC(c1cnc(N2CC(F)C2)nc1)n1cc(NC(=O)c2cncc(-c3c(C(F)F)ccc(Cl)c3F)n2)cn1. The Morgan fingerprint density at radius 1 is 1.13 bits per heavy atom. The van der Waals surface area contributed by atoms with Gasteiger partial charge in [-0.3, -0.25) is 14.5 Å². The number of benzene rings is 1. The molecule has 1 aromatic carbocycles. The second-order valence-electron chi connectivity index (χ2n) is 8.57. The van der Waals surface area contributed by atoms with E-state index in [0.717, 1.165) is 30.1 Å². The topological polar surface area (TPSA) is 102 Å². The van der Waals surface area contributed by atoms with Crippen LogP contribution in [0.5, 0.6) is 0 Å². The fourth-order valence-corrected chi connectivity index (χ4v) is 4.02. The summed E-state index contributed by atoms with van der Waals surface area (Å²) in [7, 11) is 0. The minimum Gasteiger partial charge on any atom is -0.335 e. The third-order valence-corrected chi connectivity index (χ3v) is 6.29. The Hall–Kier alpha value is -4.13. The van der Waals surface area contributed by atoms with E-state index in [1.807, 2.05) is 6.92 Å². The van der Waals surface area contributed by atoms with Crippen molar-refractivity contribution in [1.29, 1.82) is 0 Å². The molecule has 9 nitrogen and oxygen atoms in total. The third-order valence-electron chi connectivity index (χ3n) is 6.00. The summed E-state index contributed by atoms with van der Waals surface area (Å²) >= 11 is 5.78. The zero-order chi connectivity index (χ0) is 27.0. The van der Waals surface area contributed by atoms with Crippen LogP contribution in [0.15, 0.2) is 49.3 Å². The van der Waals surface area contributed by atoms with Gasteiger partial charge >= 0.3 is 0 Å². The lowest BCUT2D eigenvalue weighted by Crippen LogP contribution is -2.49. The van der Waals surface area contributed by atoms with Gasteiger partial charge in [0.25, 0.3) is 12.3 Å². The number of aromatic nitrogens is 6. The van der Waals surface area contributed by atoms with Crippen molar-refractivity contribution in [2.24, 2.45) is 0 Å². The highest BCUT2D eigenvalue weighted by molar-refractivity contribution is 6.31. The minimum atomic E-state index is -3.00. The number of carbonyl (C=O) groups is 1. The molecule has 5 rings (SSSR count). The maximum Gasteiger partial charge on any atom is 0.275 e. The Morgan fingerprint density at radius 3 is 2.55 bits per heavy atom. The third kappa shape index (κ3) is 5.01. The first-order chi connectivity index (χ1) is 18.2. The Balaban J connectivity index is 1.31. The second-order valence-corrected chi connectivity index (χ2v) is 8.98. The van der Waals surface area contributed by atoms with E-state index in [0.29, 0.717) is 11.6 Å². The Bertz CT molecular complexity index is 1480. The van der Waals surface area contributed by atoms with Crippen molar-refractivity contribution in [2.75, 3.05) is 23.3 Å². The molecule has 1 amide bonds. The van der Waals surface area contributed by atoms with Gasteiger partial charge in [-0.05, 0) is 13.0 Å². The van der Waals surface area contributed by atoms with Crippen LogP contribution in [0.3, 0.4) is 0 Å². The molecule has 4 aromatic rings. The molecule has 1 unspecified atom stereocenters. The van der Waals surface area contributed by atoms with Gasteiger partial charge in [0.1, 0.15) is 11.9 Å². The van der Waals surface area contributed by atoms with E-state index in [4.69, 9.17) is 11.6 Å². The number of amides is 1. The van der Waals surface area contributed by atoms with Crippen LogP contribution in [-0.2, 0) is 0 Å². The number of rotatable bonds is 7. The predicted octanol–water partition coefficient (Wildman–Crippen LogP) is 4.88. The number of nitrogens with one attached hydrogen (secondary N) is 1. The van der Waals surface area contributed by atoms with Crippen LogP contribution >= 0.6 is 11.6 Å². The molecule has 0 saturated carbocycles. The summed E-state index contributed by atoms with van der Waals surface area (Å²) in [6.45, 7) is 2.39. The normalized spacial score (nSPS) is 14.4. The number of hydrogen-bond donors (Lipinski definition) is 1. The Morgan fingerprint density at radius 2 is 1.87 bits per heavy atom. The van der Waals surface area contributed by atoms with E-state index < -0.39 is 35.4 Å². The highest BCUT2D eigenvalue weighted by atomic mass is 35.5. The van der Waals surface area contributed by atoms with Crippen LogP contribution in [-0.4, -0.2) is 54.9 Å². The molecule has 1 saturated heterocycles. The molecule has 14 heteroatoms. The van der Waals surface area contributed by atoms with Gasteiger partial charge in [0.05, 0.1) is 54.1 Å². The standard InChI is InChI=1S/C24H19ClF4N8O/c1-12(13-4-31-24(32-5-13)36-9-14(26)10-36)37-11-15(6-33-37)34-23(38)19-8-30-7-18(35-19)20-16(22(28)29)2-3-17(25)21(20)27/h2-8,11-12,14,22H,9-10H2,1H3,(H,34,38). The molecule has 4 heterocycles. The molecule has 3 aromatic heterocycles. The molecule has 1 atom stereocenters. The molecule has 0 bridgehead atoms.